The number of amides is 4. The van der Waals surface area contributed by atoms with E-state index in [-0.39, 0.29) is 24.2 Å². The van der Waals surface area contributed by atoms with E-state index in [1.165, 1.54) is 0 Å². The fourth-order valence-corrected chi connectivity index (χ4v) is 5.95. The van der Waals surface area contributed by atoms with Crippen LogP contribution in [-0.2, 0) is 26.2 Å². The van der Waals surface area contributed by atoms with Crippen molar-refractivity contribution in [3.63, 3.8) is 0 Å². The van der Waals surface area contributed by atoms with Crippen molar-refractivity contribution in [3.05, 3.63) is 36.0 Å². The summed E-state index contributed by atoms with van der Waals surface area (Å²) in [7, 11) is 1.81. The summed E-state index contributed by atoms with van der Waals surface area (Å²) in [6.45, 7) is 5.77. The highest BCUT2D eigenvalue weighted by Gasteiger charge is 2.37. The molecular formula is C31H43N5O5. The lowest BCUT2D eigenvalue weighted by molar-refractivity contribution is -0.141. The number of nitrogens with zero attached hydrogens (tertiary/aromatic N) is 1. The van der Waals surface area contributed by atoms with E-state index in [2.05, 4.69) is 21.3 Å². The summed E-state index contributed by atoms with van der Waals surface area (Å²) in [6, 6.07) is 7.36. The van der Waals surface area contributed by atoms with Crippen molar-refractivity contribution in [2.45, 2.75) is 89.8 Å². The summed E-state index contributed by atoms with van der Waals surface area (Å²) >= 11 is 0. The Labute approximate surface area is 241 Å². The number of hydrogen-bond acceptors (Lipinski definition) is 5. The maximum Gasteiger partial charge on any atom is 0.290 e. The number of fused-ring (bicyclic) bond motifs is 1. The van der Waals surface area contributed by atoms with E-state index >= 15 is 0 Å². The highest BCUT2D eigenvalue weighted by Crippen LogP contribution is 2.28. The van der Waals surface area contributed by atoms with Gasteiger partial charge in [0.25, 0.3) is 11.8 Å². The summed E-state index contributed by atoms with van der Waals surface area (Å²) in [5.41, 5.74) is 0.672. The minimum atomic E-state index is -1.19. The number of benzene rings is 1. The van der Waals surface area contributed by atoms with Gasteiger partial charge in [-0.25, -0.2) is 0 Å². The van der Waals surface area contributed by atoms with Gasteiger partial charge in [0.1, 0.15) is 11.7 Å². The van der Waals surface area contributed by atoms with Crippen LogP contribution in [0.15, 0.2) is 30.3 Å². The van der Waals surface area contributed by atoms with Gasteiger partial charge in [0, 0.05) is 36.0 Å². The molecule has 10 heteroatoms. The van der Waals surface area contributed by atoms with Crippen LogP contribution in [0.1, 0.15) is 82.6 Å². The average Bonchev–Trinajstić information content (AvgIpc) is 3.49. The van der Waals surface area contributed by atoms with Crippen LogP contribution in [0, 0.1) is 11.8 Å². The predicted octanol–water partition coefficient (Wildman–Crippen LogP) is 2.74. The summed E-state index contributed by atoms with van der Waals surface area (Å²) in [6.07, 6.45) is 6.18. The summed E-state index contributed by atoms with van der Waals surface area (Å²) < 4.78 is 1.79. The fraction of sp³-hybridized carbons (Fsp3) is 0.581. The zero-order valence-electron chi connectivity index (χ0n) is 24.5. The minimum absolute atomic E-state index is 0.0151. The molecule has 4 rings (SSSR count). The lowest BCUT2D eigenvalue weighted by atomic mass is 9.84. The second-order valence-electron chi connectivity index (χ2n) is 12.6. The van der Waals surface area contributed by atoms with E-state index in [1.54, 1.807) is 31.4 Å². The Morgan fingerprint density at radius 1 is 0.976 bits per heavy atom. The van der Waals surface area contributed by atoms with Crippen molar-refractivity contribution in [2.24, 2.45) is 18.9 Å². The number of aryl methyl sites for hydroxylation is 1. The van der Waals surface area contributed by atoms with Crippen LogP contribution in [0.3, 0.4) is 0 Å². The molecule has 0 spiro atoms. The van der Waals surface area contributed by atoms with E-state index < -0.39 is 41.1 Å². The molecule has 2 aliphatic rings. The van der Waals surface area contributed by atoms with Crippen molar-refractivity contribution >= 4 is 40.3 Å². The molecule has 1 aliphatic heterocycles. The first-order valence-electron chi connectivity index (χ1n) is 14.7. The number of rotatable bonds is 10. The van der Waals surface area contributed by atoms with Crippen LogP contribution in [0.5, 0.6) is 0 Å². The Morgan fingerprint density at radius 2 is 1.68 bits per heavy atom. The molecule has 2 aromatic rings. The zero-order valence-corrected chi connectivity index (χ0v) is 24.5. The lowest BCUT2D eigenvalue weighted by Crippen LogP contribution is -2.56. The van der Waals surface area contributed by atoms with Crippen molar-refractivity contribution in [2.75, 3.05) is 6.54 Å². The largest absolute Gasteiger partial charge is 0.356 e. The SMILES string of the molecule is Cn1c(C(=O)N[C@@H](CC2CCCCC2)C(=O)N[C@@H](C[C@@H]2CCNC2=O)C(=O)C(=O)NC(C)(C)C)cc2ccccc21. The molecule has 1 aromatic heterocycles. The van der Waals surface area contributed by atoms with Crippen LogP contribution in [0.25, 0.3) is 10.9 Å². The second-order valence-corrected chi connectivity index (χ2v) is 12.6. The molecule has 0 bridgehead atoms. The van der Waals surface area contributed by atoms with E-state index in [4.69, 9.17) is 0 Å². The maximum atomic E-state index is 13.8. The number of aromatic nitrogens is 1. The Hall–Kier alpha value is -3.69. The van der Waals surface area contributed by atoms with Crippen LogP contribution >= 0.6 is 0 Å². The number of carbonyl (C=O) groups is 5. The average molecular weight is 566 g/mol. The topological polar surface area (TPSA) is 138 Å². The van der Waals surface area contributed by atoms with Crippen LogP contribution in [0.4, 0.5) is 0 Å². The molecule has 41 heavy (non-hydrogen) atoms. The van der Waals surface area contributed by atoms with Gasteiger partial charge in [-0.2, -0.15) is 0 Å². The quantitative estimate of drug-likeness (QED) is 0.328. The first-order valence-corrected chi connectivity index (χ1v) is 14.7. The summed E-state index contributed by atoms with van der Waals surface area (Å²) in [5.74, 6) is -2.96. The van der Waals surface area contributed by atoms with Gasteiger partial charge < -0.3 is 25.8 Å². The molecule has 0 radical (unpaired) electrons. The molecule has 222 valence electrons. The van der Waals surface area contributed by atoms with E-state index in [0.717, 1.165) is 43.0 Å². The highest BCUT2D eigenvalue weighted by molar-refractivity contribution is 6.38. The molecule has 1 saturated carbocycles. The Balaban J connectivity index is 1.56. The van der Waals surface area contributed by atoms with Gasteiger partial charge in [-0.1, -0.05) is 50.3 Å². The van der Waals surface area contributed by atoms with Gasteiger partial charge >= 0.3 is 0 Å². The number of nitrogens with one attached hydrogen (secondary N) is 4. The molecular weight excluding hydrogens is 522 g/mol. The van der Waals surface area contributed by atoms with Gasteiger partial charge in [0.15, 0.2) is 0 Å². The van der Waals surface area contributed by atoms with Crippen LogP contribution < -0.4 is 21.3 Å². The van der Waals surface area contributed by atoms with Crippen molar-refractivity contribution < 1.29 is 24.0 Å². The second kappa shape index (κ2) is 12.9. The Morgan fingerprint density at radius 3 is 2.32 bits per heavy atom. The molecule has 2 heterocycles. The molecule has 10 nitrogen and oxygen atoms in total. The molecule has 2 fully saturated rings. The van der Waals surface area contributed by atoms with Gasteiger partial charge in [-0.3, -0.25) is 24.0 Å². The first-order chi connectivity index (χ1) is 19.4. The fourth-order valence-electron chi connectivity index (χ4n) is 5.95. The lowest BCUT2D eigenvalue weighted by Gasteiger charge is -2.29. The Kier molecular flexibility index (Phi) is 9.50. The molecule has 3 atom stereocenters. The summed E-state index contributed by atoms with van der Waals surface area (Å²) in [5, 5.41) is 12.0. The monoisotopic (exact) mass is 565 g/mol. The first kappa shape index (κ1) is 30.3. The maximum absolute atomic E-state index is 13.8. The van der Waals surface area contributed by atoms with E-state index in [1.807, 2.05) is 31.3 Å². The van der Waals surface area contributed by atoms with Gasteiger partial charge in [-0.05, 0) is 58.1 Å². The molecule has 1 aromatic carbocycles. The number of Topliss-reactive ketones (excluding diaryl/α,β-unsaturated/α-hetero) is 1. The zero-order chi connectivity index (χ0) is 29.7. The summed E-state index contributed by atoms with van der Waals surface area (Å²) in [4.78, 5) is 65.8. The number of carbonyl (C=O) groups excluding carboxylic acids is 5. The van der Waals surface area contributed by atoms with E-state index in [9.17, 15) is 24.0 Å². The molecule has 4 N–H and O–H groups in total. The third-order valence-corrected chi connectivity index (χ3v) is 8.13. The molecule has 1 saturated heterocycles. The van der Waals surface area contributed by atoms with Crippen molar-refractivity contribution in [3.8, 4) is 0 Å². The third kappa shape index (κ3) is 7.74. The third-order valence-electron chi connectivity index (χ3n) is 8.13. The number of hydrogen-bond donors (Lipinski definition) is 4. The normalized spacial score (nSPS) is 19.3. The molecule has 1 aliphatic carbocycles. The van der Waals surface area contributed by atoms with Gasteiger partial charge in [0.05, 0.1) is 6.04 Å². The van der Waals surface area contributed by atoms with Crippen LogP contribution in [0.2, 0.25) is 0 Å². The smallest absolute Gasteiger partial charge is 0.290 e. The Bertz CT molecular complexity index is 1300. The van der Waals surface area contributed by atoms with Crippen LogP contribution in [-0.4, -0.2) is 58.1 Å². The number of para-hydroxylation sites is 1. The van der Waals surface area contributed by atoms with Gasteiger partial charge in [-0.15, -0.1) is 0 Å². The standard InChI is InChI=1S/C31H43N5O5/c1-31(2,3)35-30(41)26(37)22(17-21-14-15-32-27(21)38)33-28(39)23(16-19-10-6-5-7-11-19)34-29(40)25-18-20-12-8-9-13-24(20)36(25)4/h8-9,12-13,18-19,21-23H,5-7,10-11,14-17H2,1-4H3,(H,32,38)(H,33,39)(H,34,40)(H,35,41)/t21-,22-,23-/m0/s1. The number of ketones is 1. The predicted molar refractivity (Wildman–Crippen MR) is 156 cm³/mol. The molecule has 0 unspecified atom stereocenters. The van der Waals surface area contributed by atoms with Crippen molar-refractivity contribution in [1.82, 2.24) is 25.8 Å². The minimum Gasteiger partial charge on any atom is -0.356 e. The molecule has 4 amide bonds. The van der Waals surface area contributed by atoms with Gasteiger partial charge in [0.2, 0.25) is 17.6 Å². The van der Waals surface area contributed by atoms with Crippen molar-refractivity contribution in [1.29, 1.82) is 0 Å². The highest BCUT2D eigenvalue weighted by atomic mass is 16.2. The van der Waals surface area contributed by atoms with E-state index in [0.29, 0.717) is 25.1 Å².